The lowest BCUT2D eigenvalue weighted by Crippen LogP contribution is -2.36. The molecule has 0 fully saturated rings. The van der Waals surface area contributed by atoms with Crippen LogP contribution in [0.2, 0.25) is 0 Å². The second-order valence-electron chi connectivity index (χ2n) is 4.65. The molecule has 0 atom stereocenters. The Balaban J connectivity index is 3.89. The van der Waals surface area contributed by atoms with E-state index in [2.05, 4.69) is 10.6 Å². The standard InChI is InChI=1S/C12H24N2O5/c1-8(2)13-11(15)18-6-10(17-5)7-19-12(16)14-9(3)4/h8-10H,6-7H2,1-5H3,(H,13,15)(H,14,16). The maximum Gasteiger partial charge on any atom is 0.407 e. The smallest absolute Gasteiger partial charge is 0.407 e. The van der Waals surface area contributed by atoms with Crippen molar-refractivity contribution in [3.05, 3.63) is 0 Å². The molecule has 0 aliphatic rings. The van der Waals surface area contributed by atoms with Gasteiger partial charge in [0.1, 0.15) is 19.3 Å². The lowest BCUT2D eigenvalue weighted by molar-refractivity contribution is -0.00505. The van der Waals surface area contributed by atoms with Crippen molar-refractivity contribution < 1.29 is 23.8 Å². The van der Waals surface area contributed by atoms with Gasteiger partial charge >= 0.3 is 12.2 Å². The zero-order valence-electron chi connectivity index (χ0n) is 12.2. The van der Waals surface area contributed by atoms with Gasteiger partial charge in [-0.25, -0.2) is 9.59 Å². The number of carbonyl (C=O) groups excluding carboxylic acids is 2. The van der Waals surface area contributed by atoms with Crippen molar-refractivity contribution >= 4 is 12.2 Å². The van der Waals surface area contributed by atoms with Crippen LogP contribution in [0.4, 0.5) is 9.59 Å². The lowest BCUT2D eigenvalue weighted by atomic mass is 10.4. The first-order valence-corrected chi connectivity index (χ1v) is 6.24. The molecule has 0 saturated heterocycles. The highest BCUT2D eigenvalue weighted by atomic mass is 16.6. The van der Waals surface area contributed by atoms with Gasteiger partial charge in [-0.15, -0.1) is 0 Å². The topological polar surface area (TPSA) is 85.9 Å². The van der Waals surface area contributed by atoms with Crippen molar-refractivity contribution in [2.24, 2.45) is 0 Å². The molecule has 19 heavy (non-hydrogen) atoms. The van der Waals surface area contributed by atoms with Gasteiger partial charge in [0, 0.05) is 19.2 Å². The fourth-order valence-corrected chi connectivity index (χ4v) is 1.08. The van der Waals surface area contributed by atoms with Gasteiger partial charge in [-0.3, -0.25) is 0 Å². The molecule has 0 aromatic heterocycles. The highest BCUT2D eigenvalue weighted by molar-refractivity contribution is 5.68. The van der Waals surface area contributed by atoms with Crippen LogP contribution in [-0.2, 0) is 14.2 Å². The summed E-state index contributed by atoms with van der Waals surface area (Å²) in [6, 6.07) is 0.00290. The van der Waals surface area contributed by atoms with Crippen molar-refractivity contribution in [3.8, 4) is 0 Å². The van der Waals surface area contributed by atoms with Crippen molar-refractivity contribution in [2.75, 3.05) is 20.3 Å². The molecule has 0 rings (SSSR count). The van der Waals surface area contributed by atoms with Crippen LogP contribution in [0, 0.1) is 0 Å². The van der Waals surface area contributed by atoms with Crippen LogP contribution in [0.15, 0.2) is 0 Å². The van der Waals surface area contributed by atoms with Gasteiger partial charge < -0.3 is 24.8 Å². The van der Waals surface area contributed by atoms with Crippen LogP contribution in [-0.4, -0.2) is 50.7 Å². The Morgan fingerprint density at radius 2 is 1.26 bits per heavy atom. The van der Waals surface area contributed by atoms with E-state index in [1.54, 1.807) is 0 Å². The first kappa shape index (κ1) is 17.5. The predicted molar refractivity (Wildman–Crippen MR) is 70.0 cm³/mol. The minimum atomic E-state index is -0.524. The molecular weight excluding hydrogens is 252 g/mol. The molecule has 7 heteroatoms. The van der Waals surface area contributed by atoms with Gasteiger partial charge in [0.2, 0.25) is 0 Å². The van der Waals surface area contributed by atoms with Crippen LogP contribution in [0.5, 0.6) is 0 Å². The number of ether oxygens (including phenoxy) is 3. The summed E-state index contributed by atoms with van der Waals surface area (Å²) in [4.78, 5) is 22.5. The first-order valence-electron chi connectivity index (χ1n) is 6.24. The minimum absolute atomic E-state index is 0.00145. The molecule has 0 unspecified atom stereocenters. The van der Waals surface area contributed by atoms with Crippen molar-refractivity contribution in [1.29, 1.82) is 0 Å². The Hall–Kier alpha value is -1.50. The molecule has 0 aliphatic carbocycles. The van der Waals surface area contributed by atoms with Crippen LogP contribution in [0.3, 0.4) is 0 Å². The monoisotopic (exact) mass is 276 g/mol. The summed E-state index contributed by atoms with van der Waals surface area (Å²) >= 11 is 0. The Kier molecular flexibility index (Phi) is 8.69. The van der Waals surface area contributed by atoms with E-state index in [9.17, 15) is 9.59 Å². The highest BCUT2D eigenvalue weighted by Gasteiger charge is 2.14. The van der Waals surface area contributed by atoms with E-state index in [0.29, 0.717) is 0 Å². The SMILES string of the molecule is COC(COC(=O)NC(C)C)COC(=O)NC(C)C. The second-order valence-corrected chi connectivity index (χ2v) is 4.65. The summed E-state index contributed by atoms with van der Waals surface area (Å²) in [5.74, 6) is 0. The van der Waals surface area contributed by atoms with Crippen molar-refractivity contribution in [1.82, 2.24) is 10.6 Å². The summed E-state index contributed by atoms with van der Waals surface area (Å²) in [6.45, 7) is 7.35. The number of hydrogen-bond acceptors (Lipinski definition) is 5. The van der Waals surface area contributed by atoms with Gasteiger partial charge in [-0.05, 0) is 27.7 Å². The summed E-state index contributed by atoms with van der Waals surface area (Å²) < 4.78 is 14.9. The maximum absolute atomic E-state index is 11.2. The molecule has 0 aliphatic heterocycles. The van der Waals surface area contributed by atoms with Gasteiger partial charge in [0.15, 0.2) is 0 Å². The molecule has 0 aromatic carbocycles. The molecule has 0 aromatic rings. The Bertz CT molecular complexity index is 255. The van der Waals surface area contributed by atoms with E-state index in [-0.39, 0.29) is 25.3 Å². The average molecular weight is 276 g/mol. The number of hydrogen-bond donors (Lipinski definition) is 2. The van der Waals surface area contributed by atoms with Crippen LogP contribution in [0.1, 0.15) is 27.7 Å². The van der Waals surface area contributed by atoms with Gasteiger partial charge in [0.25, 0.3) is 0 Å². The normalized spacial score (nSPS) is 10.7. The van der Waals surface area contributed by atoms with E-state index >= 15 is 0 Å². The molecule has 7 nitrogen and oxygen atoms in total. The number of carbonyl (C=O) groups is 2. The highest BCUT2D eigenvalue weighted by Crippen LogP contribution is 1.95. The third-order valence-corrected chi connectivity index (χ3v) is 1.95. The Labute approximate surface area is 114 Å². The van der Waals surface area contributed by atoms with Gasteiger partial charge in [-0.2, -0.15) is 0 Å². The molecule has 0 spiro atoms. The fraction of sp³-hybridized carbons (Fsp3) is 0.833. The van der Waals surface area contributed by atoms with E-state index < -0.39 is 18.3 Å². The van der Waals surface area contributed by atoms with Crippen LogP contribution in [0.25, 0.3) is 0 Å². The molecule has 112 valence electrons. The number of amides is 2. The van der Waals surface area contributed by atoms with E-state index in [0.717, 1.165) is 0 Å². The molecule has 0 bridgehead atoms. The quantitative estimate of drug-likeness (QED) is 0.731. The number of methoxy groups -OCH3 is 1. The summed E-state index contributed by atoms with van der Waals surface area (Å²) in [5, 5.41) is 5.15. The Morgan fingerprint density at radius 1 is 0.895 bits per heavy atom. The zero-order valence-corrected chi connectivity index (χ0v) is 12.2. The van der Waals surface area contributed by atoms with Gasteiger partial charge in [0.05, 0.1) is 0 Å². The lowest BCUT2D eigenvalue weighted by Gasteiger charge is -2.17. The van der Waals surface area contributed by atoms with Crippen LogP contribution < -0.4 is 10.6 Å². The molecule has 2 amide bonds. The largest absolute Gasteiger partial charge is 0.447 e. The third kappa shape index (κ3) is 10.1. The summed E-state index contributed by atoms with van der Waals surface area (Å²) in [6.07, 6.45) is -1.54. The van der Waals surface area contributed by atoms with E-state index in [1.165, 1.54) is 7.11 Å². The molecule has 0 saturated carbocycles. The molecule has 2 N–H and O–H groups in total. The maximum atomic E-state index is 11.2. The second kappa shape index (κ2) is 9.43. The zero-order chi connectivity index (χ0) is 14.8. The fourth-order valence-electron chi connectivity index (χ4n) is 1.08. The molecule has 0 heterocycles. The Morgan fingerprint density at radius 3 is 1.53 bits per heavy atom. The summed E-state index contributed by atoms with van der Waals surface area (Å²) in [7, 11) is 1.46. The van der Waals surface area contributed by atoms with Crippen molar-refractivity contribution in [2.45, 2.75) is 45.9 Å². The molecular formula is C12H24N2O5. The third-order valence-electron chi connectivity index (χ3n) is 1.95. The molecule has 0 radical (unpaired) electrons. The number of rotatable bonds is 7. The average Bonchev–Trinajstić information content (AvgIpc) is 2.27. The summed E-state index contributed by atoms with van der Waals surface area (Å²) in [5.41, 5.74) is 0. The van der Waals surface area contributed by atoms with E-state index in [4.69, 9.17) is 14.2 Å². The minimum Gasteiger partial charge on any atom is -0.447 e. The van der Waals surface area contributed by atoms with Gasteiger partial charge in [-0.1, -0.05) is 0 Å². The predicted octanol–water partition coefficient (Wildman–Crippen LogP) is 1.27. The number of nitrogens with one attached hydrogen (secondary N) is 2. The first-order chi connectivity index (χ1) is 8.85. The van der Waals surface area contributed by atoms with Crippen LogP contribution >= 0.6 is 0 Å². The van der Waals surface area contributed by atoms with Crippen molar-refractivity contribution in [3.63, 3.8) is 0 Å². The number of alkyl carbamates (subject to hydrolysis) is 2. The van der Waals surface area contributed by atoms with E-state index in [1.807, 2.05) is 27.7 Å².